The second-order valence-electron chi connectivity index (χ2n) is 11.2. The Bertz CT molecular complexity index is 1200. The van der Waals surface area contributed by atoms with Gasteiger partial charge in [-0.05, 0) is 40.5 Å². The Balaban J connectivity index is 3.25. The van der Waals surface area contributed by atoms with Crippen molar-refractivity contribution in [3.05, 3.63) is 48.6 Å². The summed E-state index contributed by atoms with van der Waals surface area (Å²) in [5.41, 5.74) is 0.0173. The molecule has 1 aliphatic carbocycles. The molecule has 1 rings (SSSR count). The number of carbonyl (C=O) groups excluding carboxylic acids is 6. The van der Waals surface area contributed by atoms with Gasteiger partial charge in [-0.3, -0.25) is 19.2 Å². The van der Waals surface area contributed by atoms with Gasteiger partial charge < -0.3 is 38.6 Å². The molecular weight excluding hydrogens is 640 g/mol. The Morgan fingerprint density at radius 1 is 0.500 bits per heavy atom. The highest BCUT2D eigenvalue weighted by molar-refractivity contribution is 5.89. The van der Waals surface area contributed by atoms with E-state index in [1.54, 1.807) is 0 Å². The molecule has 0 bridgehead atoms. The molecule has 0 aromatic heterocycles. The summed E-state index contributed by atoms with van der Waals surface area (Å²) in [6.45, 7) is 16.6. The third-order valence-corrected chi connectivity index (χ3v) is 6.79. The second-order valence-corrected chi connectivity index (χ2v) is 11.2. The van der Waals surface area contributed by atoms with E-state index in [1.807, 2.05) is 0 Å². The van der Waals surface area contributed by atoms with Crippen LogP contribution in [0.25, 0.3) is 0 Å². The highest BCUT2D eigenvalue weighted by Gasteiger charge is 2.51. The van der Waals surface area contributed by atoms with Crippen molar-refractivity contribution in [1.82, 2.24) is 0 Å². The first kappa shape index (κ1) is 40.7. The van der Waals surface area contributed by atoms with Crippen molar-refractivity contribution >= 4 is 47.8 Å². The highest BCUT2D eigenvalue weighted by Crippen LogP contribution is 2.40. The van der Waals surface area contributed by atoms with E-state index < -0.39 is 123 Å². The Morgan fingerprint density at radius 3 is 0.917 bits per heavy atom. The Morgan fingerprint density at radius 2 is 0.729 bits per heavy atom. The zero-order valence-corrected chi connectivity index (χ0v) is 27.1. The second kappa shape index (κ2) is 18.8. The minimum absolute atomic E-state index is 0.00431. The molecule has 0 spiro atoms. The average molecular weight is 681 g/mol. The molecule has 0 aromatic rings. The van der Waals surface area contributed by atoms with Gasteiger partial charge in [-0.15, -0.1) is 0 Å². The molecule has 1 fully saturated rings. The molecule has 16 heteroatoms. The van der Waals surface area contributed by atoms with Crippen LogP contribution in [0.15, 0.2) is 48.6 Å². The first-order chi connectivity index (χ1) is 22.3. The first-order valence-corrected chi connectivity index (χ1v) is 14.4. The van der Waals surface area contributed by atoms with E-state index in [9.17, 15) is 48.6 Å². The molecule has 1 saturated carbocycles. The molecule has 2 N–H and O–H groups in total. The summed E-state index contributed by atoms with van der Waals surface area (Å²) in [6, 6.07) is 0. The third-order valence-electron chi connectivity index (χ3n) is 6.79. The number of hydrogen-bond acceptors (Lipinski definition) is 14. The maximum Gasteiger partial charge on any atom is 0.333 e. The lowest BCUT2D eigenvalue weighted by molar-refractivity contribution is -0.182. The van der Waals surface area contributed by atoms with Gasteiger partial charge in [0, 0.05) is 22.3 Å². The van der Waals surface area contributed by atoms with Gasteiger partial charge in [0.2, 0.25) is 0 Å². The van der Waals surface area contributed by atoms with E-state index in [-0.39, 0.29) is 22.3 Å². The van der Waals surface area contributed by atoms with Crippen molar-refractivity contribution in [3.8, 4) is 0 Å². The largest absolute Gasteiger partial charge is 0.481 e. The normalized spacial score (nSPS) is 18.5. The van der Waals surface area contributed by atoms with Crippen molar-refractivity contribution in [3.63, 3.8) is 0 Å². The summed E-state index contributed by atoms with van der Waals surface area (Å²) in [4.78, 5) is 98.7. The maximum absolute atomic E-state index is 13.3. The first-order valence-electron chi connectivity index (χ1n) is 14.4. The lowest BCUT2D eigenvalue weighted by Crippen LogP contribution is -2.47. The standard InChI is InChI=1S/C32H40O16/c1-15(2)27(37)43-11-19(12-44-28(38)16(3)4)47-31(41)23-9-22(26(35)36)24(10-21(23)25(33)34)32(42)48-20(13-45-29(39)17(5)6)14-46-30(40)18(7)8/h19-24H,1,3,5,7,9-14H2,2,4,6,8H3,(H,33,34)(H,35,36). The van der Waals surface area contributed by atoms with Crippen molar-refractivity contribution in [2.45, 2.75) is 52.7 Å². The van der Waals surface area contributed by atoms with E-state index in [0.717, 1.165) is 0 Å². The van der Waals surface area contributed by atoms with Crippen molar-refractivity contribution in [1.29, 1.82) is 0 Å². The van der Waals surface area contributed by atoms with Crippen molar-refractivity contribution < 1.29 is 77.0 Å². The topological polar surface area (TPSA) is 232 Å². The predicted molar refractivity (Wildman–Crippen MR) is 161 cm³/mol. The van der Waals surface area contributed by atoms with Crippen molar-refractivity contribution in [2.75, 3.05) is 26.4 Å². The number of aliphatic carboxylic acids is 2. The predicted octanol–water partition coefficient (Wildman–Crippen LogP) is 1.72. The van der Waals surface area contributed by atoms with Crippen LogP contribution in [0.1, 0.15) is 40.5 Å². The zero-order chi connectivity index (χ0) is 36.9. The van der Waals surface area contributed by atoms with Crippen LogP contribution >= 0.6 is 0 Å². The summed E-state index contributed by atoms with van der Waals surface area (Å²) >= 11 is 0. The fraction of sp³-hybridized carbons (Fsp3) is 0.500. The van der Waals surface area contributed by atoms with E-state index in [1.165, 1.54) is 27.7 Å². The Kier molecular flexibility index (Phi) is 15.9. The highest BCUT2D eigenvalue weighted by atomic mass is 16.6. The number of carboxylic acid groups (broad SMARTS) is 2. The summed E-state index contributed by atoms with van der Waals surface area (Å²) < 4.78 is 30.6. The van der Waals surface area contributed by atoms with Crippen LogP contribution in [0.4, 0.5) is 0 Å². The van der Waals surface area contributed by atoms with Crippen LogP contribution in [0.5, 0.6) is 0 Å². The van der Waals surface area contributed by atoms with Crippen LogP contribution in [-0.2, 0) is 66.8 Å². The molecule has 0 saturated heterocycles. The lowest BCUT2D eigenvalue weighted by atomic mass is 9.68. The lowest BCUT2D eigenvalue weighted by Gasteiger charge is -2.36. The molecule has 0 amide bonds. The molecule has 0 aromatic carbocycles. The van der Waals surface area contributed by atoms with Gasteiger partial charge in [0.25, 0.3) is 0 Å². The van der Waals surface area contributed by atoms with Crippen LogP contribution in [0, 0.1) is 23.7 Å². The van der Waals surface area contributed by atoms with Crippen LogP contribution < -0.4 is 0 Å². The molecule has 264 valence electrons. The zero-order valence-electron chi connectivity index (χ0n) is 27.1. The van der Waals surface area contributed by atoms with E-state index in [2.05, 4.69) is 26.3 Å². The van der Waals surface area contributed by atoms with Gasteiger partial charge >= 0.3 is 47.8 Å². The molecule has 4 atom stereocenters. The molecule has 16 nitrogen and oxygen atoms in total. The summed E-state index contributed by atoms with van der Waals surface area (Å²) in [6.07, 6.45) is -4.27. The van der Waals surface area contributed by atoms with Crippen molar-refractivity contribution in [2.24, 2.45) is 23.7 Å². The van der Waals surface area contributed by atoms with Gasteiger partial charge in [-0.2, -0.15) is 0 Å². The van der Waals surface area contributed by atoms with Crippen LogP contribution in [-0.4, -0.2) is 96.6 Å². The summed E-state index contributed by atoms with van der Waals surface area (Å²) in [5, 5.41) is 19.9. The number of carboxylic acids is 2. The number of rotatable bonds is 18. The van der Waals surface area contributed by atoms with Gasteiger partial charge in [-0.1, -0.05) is 26.3 Å². The Hall–Kier alpha value is -5.28. The van der Waals surface area contributed by atoms with E-state index in [0.29, 0.717) is 0 Å². The van der Waals surface area contributed by atoms with Gasteiger partial charge in [0.05, 0.1) is 23.7 Å². The van der Waals surface area contributed by atoms with E-state index in [4.69, 9.17) is 28.4 Å². The van der Waals surface area contributed by atoms with Gasteiger partial charge in [0.1, 0.15) is 26.4 Å². The number of hydrogen-bond donors (Lipinski definition) is 2. The molecule has 0 heterocycles. The fourth-order valence-corrected chi connectivity index (χ4v) is 4.17. The molecule has 1 aliphatic rings. The quantitative estimate of drug-likeness (QED) is 0.119. The molecule has 4 unspecified atom stereocenters. The molecular formula is C32H40O16. The maximum atomic E-state index is 13.3. The third kappa shape index (κ3) is 12.8. The van der Waals surface area contributed by atoms with Gasteiger partial charge in [-0.25, -0.2) is 19.2 Å². The van der Waals surface area contributed by atoms with E-state index >= 15 is 0 Å². The monoisotopic (exact) mass is 680 g/mol. The minimum atomic E-state index is -1.66. The Labute approximate surface area is 276 Å². The SMILES string of the molecule is C=C(C)C(=O)OCC(COC(=O)C(=C)C)OC(=O)C1CC(C(=O)O)C(C(=O)OC(COC(=O)C(=C)C)COC(=O)C(=C)C)CC1C(=O)O. The minimum Gasteiger partial charge on any atom is -0.481 e. The molecule has 48 heavy (non-hydrogen) atoms. The van der Waals surface area contributed by atoms with Crippen LogP contribution in [0.2, 0.25) is 0 Å². The fourth-order valence-electron chi connectivity index (χ4n) is 4.17. The number of carbonyl (C=O) groups is 8. The number of esters is 6. The molecule has 0 aliphatic heterocycles. The smallest absolute Gasteiger partial charge is 0.333 e. The van der Waals surface area contributed by atoms with Crippen LogP contribution in [0.3, 0.4) is 0 Å². The summed E-state index contributed by atoms with van der Waals surface area (Å²) in [7, 11) is 0. The molecule has 0 radical (unpaired) electrons. The average Bonchev–Trinajstić information content (AvgIpc) is 3.01. The number of ether oxygens (including phenoxy) is 6. The van der Waals surface area contributed by atoms with Gasteiger partial charge in [0.15, 0.2) is 12.2 Å². The summed E-state index contributed by atoms with van der Waals surface area (Å²) in [5.74, 6) is -15.6.